The number of furan rings is 1. The molecule has 0 aliphatic carbocycles. The molecule has 0 saturated carbocycles. The average molecular weight is 184 g/mol. The normalized spacial score (nSPS) is 7.54. The second-order valence-corrected chi connectivity index (χ2v) is 1.97. The van der Waals surface area contributed by atoms with Crippen molar-refractivity contribution in [2.75, 3.05) is 0 Å². The molecule has 0 atom stereocenters. The van der Waals surface area contributed by atoms with Gasteiger partial charge in [0.05, 0.1) is 0 Å². The zero-order valence-electron chi connectivity index (χ0n) is 9.47. The first-order valence-corrected chi connectivity index (χ1v) is 4.77. The molecule has 0 radical (unpaired) electrons. The number of carbonyl (C=O) groups is 1. The summed E-state index contributed by atoms with van der Waals surface area (Å²) in [6.07, 6.45) is 0. The smallest absolute Gasteiger partial charge is 0.194 e. The van der Waals surface area contributed by atoms with Crippen LogP contribution in [0.3, 0.4) is 0 Å². The molecule has 0 aromatic carbocycles. The van der Waals surface area contributed by atoms with Gasteiger partial charge in [-0.1, -0.05) is 27.7 Å². The van der Waals surface area contributed by atoms with E-state index in [0.717, 1.165) is 5.76 Å². The van der Waals surface area contributed by atoms with Crippen LogP contribution in [0.2, 0.25) is 0 Å². The Labute approximate surface area is 81.0 Å². The number of hydrogen-bond donors (Lipinski definition) is 0. The van der Waals surface area contributed by atoms with Crippen molar-refractivity contribution in [2.45, 2.75) is 41.5 Å². The van der Waals surface area contributed by atoms with E-state index in [1.165, 1.54) is 6.92 Å². The standard InChI is InChI=1S/C7H8O2.2C2H6/c1-5-3-4-7(9-5)6(2)8;2*1-2/h3-4H,1-2H3;2*1-2H3. The number of ketones is 1. The Hall–Kier alpha value is -1.05. The van der Waals surface area contributed by atoms with Crippen molar-refractivity contribution in [3.8, 4) is 0 Å². The highest BCUT2D eigenvalue weighted by Gasteiger charge is 2.01. The van der Waals surface area contributed by atoms with Gasteiger partial charge < -0.3 is 4.42 Å². The van der Waals surface area contributed by atoms with Crippen molar-refractivity contribution >= 4 is 5.78 Å². The molecule has 0 aliphatic heterocycles. The third-order valence-corrected chi connectivity index (χ3v) is 1.09. The summed E-state index contributed by atoms with van der Waals surface area (Å²) in [6.45, 7) is 11.3. The molecule has 1 aromatic rings. The van der Waals surface area contributed by atoms with Crippen LogP contribution in [0, 0.1) is 6.92 Å². The number of aryl methyl sites for hydroxylation is 1. The molecule has 0 amide bonds. The molecule has 0 spiro atoms. The Morgan fingerprint density at radius 1 is 1.15 bits per heavy atom. The van der Waals surface area contributed by atoms with Crippen molar-refractivity contribution in [3.05, 3.63) is 23.7 Å². The van der Waals surface area contributed by atoms with Crippen LogP contribution in [0.4, 0.5) is 0 Å². The maximum absolute atomic E-state index is 10.6. The van der Waals surface area contributed by atoms with Crippen LogP contribution in [-0.4, -0.2) is 5.78 Å². The third kappa shape index (κ3) is 6.14. The molecule has 0 N–H and O–H groups in total. The average Bonchev–Trinajstić information content (AvgIpc) is 2.59. The van der Waals surface area contributed by atoms with E-state index in [1.807, 2.05) is 34.6 Å². The Balaban J connectivity index is 0. The summed E-state index contributed by atoms with van der Waals surface area (Å²) in [4.78, 5) is 10.6. The Bertz CT molecular complexity index is 224. The molecule has 1 aromatic heterocycles. The Morgan fingerprint density at radius 3 is 1.77 bits per heavy atom. The topological polar surface area (TPSA) is 30.2 Å². The summed E-state index contributed by atoms with van der Waals surface area (Å²) in [5, 5.41) is 0. The molecular weight excluding hydrogens is 164 g/mol. The SMILES string of the molecule is CC.CC.CC(=O)c1ccc(C)o1. The summed E-state index contributed by atoms with van der Waals surface area (Å²) < 4.78 is 5.00. The van der Waals surface area contributed by atoms with Crippen molar-refractivity contribution < 1.29 is 9.21 Å². The van der Waals surface area contributed by atoms with Gasteiger partial charge >= 0.3 is 0 Å². The molecule has 2 nitrogen and oxygen atoms in total. The minimum Gasteiger partial charge on any atom is -0.458 e. The van der Waals surface area contributed by atoms with E-state index in [-0.39, 0.29) is 5.78 Å². The quantitative estimate of drug-likeness (QED) is 0.621. The van der Waals surface area contributed by atoms with Gasteiger partial charge in [-0.05, 0) is 19.1 Å². The Kier molecular flexibility index (Phi) is 10.1. The van der Waals surface area contributed by atoms with Crippen LogP contribution >= 0.6 is 0 Å². The molecular formula is C11H20O2. The monoisotopic (exact) mass is 184 g/mol. The number of Topliss-reactive ketones (excluding diaryl/α,β-unsaturated/α-hetero) is 1. The van der Waals surface area contributed by atoms with Crippen molar-refractivity contribution in [2.24, 2.45) is 0 Å². The second-order valence-electron chi connectivity index (χ2n) is 1.97. The van der Waals surface area contributed by atoms with Gasteiger partial charge in [-0.3, -0.25) is 4.79 Å². The van der Waals surface area contributed by atoms with Crippen molar-refractivity contribution in [1.82, 2.24) is 0 Å². The van der Waals surface area contributed by atoms with Gasteiger partial charge in [-0.2, -0.15) is 0 Å². The lowest BCUT2D eigenvalue weighted by atomic mass is 10.3. The highest BCUT2D eigenvalue weighted by atomic mass is 16.3. The minimum atomic E-state index is -0.0249. The van der Waals surface area contributed by atoms with E-state index in [1.54, 1.807) is 12.1 Å². The first kappa shape index (κ1) is 14.5. The van der Waals surface area contributed by atoms with E-state index < -0.39 is 0 Å². The summed E-state index contributed by atoms with van der Waals surface area (Å²) in [7, 11) is 0. The number of rotatable bonds is 1. The van der Waals surface area contributed by atoms with Crippen LogP contribution in [0.25, 0.3) is 0 Å². The highest BCUT2D eigenvalue weighted by molar-refractivity contribution is 5.91. The predicted molar refractivity (Wildman–Crippen MR) is 56.1 cm³/mol. The van der Waals surface area contributed by atoms with Crippen LogP contribution < -0.4 is 0 Å². The van der Waals surface area contributed by atoms with Crippen LogP contribution in [-0.2, 0) is 0 Å². The third-order valence-electron chi connectivity index (χ3n) is 1.09. The lowest BCUT2D eigenvalue weighted by Gasteiger charge is -1.83. The fourth-order valence-corrected chi connectivity index (χ4v) is 0.624. The largest absolute Gasteiger partial charge is 0.458 e. The van der Waals surface area contributed by atoms with Gasteiger partial charge in [-0.25, -0.2) is 0 Å². The zero-order chi connectivity index (χ0) is 10.9. The second kappa shape index (κ2) is 9.04. The molecule has 1 heterocycles. The van der Waals surface area contributed by atoms with Gasteiger partial charge in [-0.15, -0.1) is 0 Å². The summed E-state index contributed by atoms with van der Waals surface area (Å²) in [6, 6.07) is 3.45. The van der Waals surface area contributed by atoms with Gasteiger partial charge in [0.15, 0.2) is 11.5 Å². The molecule has 2 heteroatoms. The summed E-state index contributed by atoms with van der Waals surface area (Å²) >= 11 is 0. The minimum absolute atomic E-state index is 0.0249. The first-order valence-electron chi connectivity index (χ1n) is 4.77. The van der Waals surface area contributed by atoms with E-state index in [2.05, 4.69) is 0 Å². The lowest BCUT2D eigenvalue weighted by molar-refractivity contribution is 0.0986. The molecule has 76 valence electrons. The fourth-order valence-electron chi connectivity index (χ4n) is 0.624. The van der Waals surface area contributed by atoms with Crippen LogP contribution in [0.15, 0.2) is 16.5 Å². The lowest BCUT2D eigenvalue weighted by Crippen LogP contribution is -1.85. The molecule has 0 bridgehead atoms. The summed E-state index contributed by atoms with van der Waals surface area (Å²) in [5.41, 5.74) is 0. The van der Waals surface area contributed by atoms with Gasteiger partial charge in [0.1, 0.15) is 5.76 Å². The molecule has 0 aliphatic rings. The van der Waals surface area contributed by atoms with E-state index in [0.29, 0.717) is 5.76 Å². The maximum Gasteiger partial charge on any atom is 0.194 e. The summed E-state index contributed by atoms with van der Waals surface area (Å²) in [5.74, 6) is 1.19. The predicted octanol–water partition coefficient (Wildman–Crippen LogP) is 3.84. The number of carbonyl (C=O) groups excluding carboxylic acids is 1. The fraction of sp³-hybridized carbons (Fsp3) is 0.545. The molecule has 0 fully saturated rings. The maximum atomic E-state index is 10.6. The van der Waals surface area contributed by atoms with Crippen LogP contribution in [0.5, 0.6) is 0 Å². The van der Waals surface area contributed by atoms with E-state index in [4.69, 9.17) is 4.42 Å². The molecule has 13 heavy (non-hydrogen) atoms. The molecule has 0 unspecified atom stereocenters. The zero-order valence-corrected chi connectivity index (χ0v) is 9.47. The first-order chi connectivity index (χ1) is 6.20. The Morgan fingerprint density at radius 2 is 1.62 bits per heavy atom. The molecule has 0 saturated heterocycles. The van der Waals surface area contributed by atoms with E-state index in [9.17, 15) is 4.79 Å². The van der Waals surface area contributed by atoms with E-state index >= 15 is 0 Å². The highest BCUT2D eigenvalue weighted by Crippen LogP contribution is 2.05. The molecule has 1 rings (SSSR count). The van der Waals surface area contributed by atoms with Gasteiger partial charge in [0.25, 0.3) is 0 Å². The number of hydrogen-bond acceptors (Lipinski definition) is 2. The van der Waals surface area contributed by atoms with Crippen molar-refractivity contribution in [3.63, 3.8) is 0 Å². The van der Waals surface area contributed by atoms with Crippen molar-refractivity contribution in [1.29, 1.82) is 0 Å². The van der Waals surface area contributed by atoms with Gasteiger partial charge in [0.2, 0.25) is 0 Å². The van der Waals surface area contributed by atoms with Crippen LogP contribution in [0.1, 0.15) is 50.9 Å². The van der Waals surface area contributed by atoms with Gasteiger partial charge in [0, 0.05) is 6.92 Å².